The molecule has 1 N–H and O–H groups in total. The Morgan fingerprint density at radius 1 is 1.20 bits per heavy atom. The largest absolute Gasteiger partial charge is 0.319 e. The average molecular weight is 202 g/mol. The number of benzene rings is 1. The molecule has 2 aromatic rings. The summed E-state index contributed by atoms with van der Waals surface area (Å²) < 4.78 is 0. The minimum absolute atomic E-state index is 0.792. The first-order valence-electron chi connectivity index (χ1n) is 5.04. The van der Waals surface area contributed by atoms with Crippen LogP contribution in [0.2, 0.25) is 0 Å². The number of fused-ring (bicyclic) bond motifs is 1. The molecule has 0 aliphatic rings. The van der Waals surface area contributed by atoms with E-state index in [1.165, 1.54) is 5.56 Å². The van der Waals surface area contributed by atoms with E-state index in [9.17, 15) is 0 Å². The Morgan fingerprint density at radius 3 is 2.87 bits per heavy atom. The number of rotatable bonds is 3. The Balaban J connectivity index is 2.34. The molecule has 78 valence electrons. The van der Waals surface area contributed by atoms with Crippen LogP contribution in [0.5, 0.6) is 0 Å². The van der Waals surface area contributed by atoms with Crippen LogP contribution in [-0.4, -0.2) is 28.8 Å². The van der Waals surface area contributed by atoms with E-state index in [0.717, 1.165) is 29.8 Å². The lowest BCUT2D eigenvalue weighted by molar-refractivity contribution is 0.743. The molecule has 2 rings (SSSR count). The Labute approximate surface area is 88.8 Å². The lowest BCUT2D eigenvalue weighted by Gasteiger charge is -2.01. The average Bonchev–Trinajstić information content (AvgIpc) is 2.26. The molecular formula is C11H14N4. The zero-order valence-corrected chi connectivity index (χ0v) is 8.99. The second-order valence-electron chi connectivity index (χ2n) is 3.57. The third kappa shape index (κ3) is 2.27. The summed E-state index contributed by atoms with van der Waals surface area (Å²) in [7, 11) is 1.91. The number of nitrogens with one attached hydrogen (secondary N) is 1. The zero-order chi connectivity index (χ0) is 10.7. The fourth-order valence-corrected chi connectivity index (χ4v) is 1.42. The van der Waals surface area contributed by atoms with E-state index in [1.54, 1.807) is 0 Å². The molecule has 1 aromatic carbocycles. The summed E-state index contributed by atoms with van der Waals surface area (Å²) >= 11 is 0. The molecule has 0 atom stereocenters. The Hall–Kier alpha value is -1.55. The van der Waals surface area contributed by atoms with Crippen LogP contribution in [0.1, 0.15) is 11.4 Å². The van der Waals surface area contributed by atoms with Gasteiger partial charge in [-0.15, -0.1) is 10.2 Å². The second-order valence-corrected chi connectivity index (χ2v) is 3.57. The smallest absolute Gasteiger partial charge is 0.152 e. The van der Waals surface area contributed by atoms with Crippen LogP contribution in [0, 0.1) is 6.92 Å². The zero-order valence-electron chi connectivity index (χ0n) is 8.99. The van der Waals surface area contributed by atoms with E-state index in [-0.39, 0.29) is 0 Å². The highest BCUT2D eigenvalue weighted by Crippen LogP contribution is 2.10. The van der Waals surface area contributed by atoms with Crippen LogP contribution in [0.3, 0.4) is 0 Å². The molecule has 0 spiro atoms. The molecule has 15 heavy (non-hydrogen) atoms. The molecule has 0 saturated heterocycles. The minimum atomic E-state index is 0.792. The van der Waals surface area contributed by atoms with E-state index < -0.39 is 0 Å². The molecule has 0 aliphatic heterocycles. The van der Waals surface area contributed by atoms with Crippen LogP contribution in [-0.2, 0) is 6.42 Å². The van der Waals surface area contributed by atoms with Crippen molar-refractivity contribution in [2.45, 2.75) is 13.3 Å². The van der Waals surface area contributed by atoms with Crippen LogP contribution < -0.4 is 5.32 Å². The molecule has 4 heteroatoms. The normalized spacial score (nSPS) is 10.8. The van der Waals surface area contributed by atoms with Crippen molar-refractivity contribution in [3.8, 4) is 0 Å². The van der Waals surface area contributed by atoms with Crippen LogP contribution >= 0.6 is 0 Å². The maximum absolute atomic E-state index is 4.44. The lowest BCUT2D eigenvalue weighted by Crippen LogP contribution is -2.12. The van der Waals surface area contributed by atoms with E-state index in [2.05, 4.69) is 20.5 Å². The quantitative estimate of drug-likeness (QED) is 0.809. The predicted octanol–water partition coefficient (Wildman–Crippen LogP) is 1.10. The summed E-state index contributed by atoms with van der Waals surface area (Å²) in [4.78, 5) is 4.44. The van der Waals surface area contributed by atoms with Gasteiger partial charge in [-0.25, -0.2) is 4.98 Å². The Bertz CT molecular complexity index is 467. The first kappa shape index (κ1) is 9.98. The van der Waals surface area contributed by atoms with Gasteiger partial charge in [-0.1, -0.05) is 6.07 Å². The summed E-state index contributed by atoms with van der Waals surface area (Å²) in [6, 6.07) is 6.03. The standard InChI is InChI=1S/C11H14N4/c1-8-3-4-9-10(7-8)14-15-11(13-9)5-6-12-2/h3-4,7,12H,5-6H2,1-2H3. The third-order valence-electron chi connectivity index (χ3n) is 2.25. The number of hydrogen-bond donors (Lipinski definition) is 1. The fourth-order valence-electron chi connectivity index (χ4n) is 1.42. The molecule has 0 unspecified atom stereocenters. The van der Waals surface area contributed by atoms with Crippen molar-refractivity contribution in [2.75, 3.05) is 13.6 Å². The molecule has 0 radical (unpaired) electrons. The fraction of sp³-hybridized carbons (Fsp3) is 0.364. The lowest BCUT2D eigenvalue weighted by atomic mass is 10.2. The number of likely N-dealkylation sites (N-methyl/N-ethyl adjacent to an activating group) is 1. The highest BCUT2D eigenvalue weighted by molar-refractivity contribution is 5.74. The number of nitrogens with zero attached hydrogens (tertiary/aromatic N) is 3. The van der Waals surface area contributed by atoms with Gasteiger partial charge in [0.2, 0.25) is 0 Å². The molecule has 0 aliphatic carbocycles. The molecule has 0 fully saturated rings. The van der Waals surface area contributed by atoms with Gasteiger partial charge in [0.15, 0.2) is 5.82 Å². The first-order chi connectivity index (χ1) is 7.29. The highest BCUT2D eigenvalue weighted by Gasteiger charge is 2.01. The minimum Gasteiger partial charge on any atom is -0.319 e. The van der Waals surface area contributed by atoms with Gasteiger partial charge < -0.3 is 5.32 Å². The van der Waals surface area contributed by atoms with Gasteiger partial charge in [0.05, 0.1) is 5.52 Å². The molecule has 0 amide bonds. The molecule has 0 saturated carbocycles. The van der Waals surface area contributed by atoms with Gasteiger partial charge in [0, 0.05) is 13.0 Å². The Kier molecular flexibility index (Phi) is 2.87. The summed E-state index contributed by atoms with van der Waals surface area (Å²) in [5.41, 5.74) is 2.96. The van der Waals surface area contributed by atoms with Crippen molar-refractivity contribution in [3.05, 3.63) is 29.6 Å². The topological polar surface area (TPSA) is 50.7 Å². The number of hydrogen-bond acceptors (Lipinski definition) is 4. The highest BCUT2D eigenvalue weighted by atomic mass is 15.1. The number of aromatic nitrogens is 3. The van der Waals surface area contributed by atoms with Gasteiger partial charge in [-0.3, -0.25) is 0 Å². The SMILES string of the molecule is CNCCc1nnc2cc(C)ccc2n1. The molecule has 0 bridgehead atoms. The van der Waals surface area contributed by atoms with Crippen molar-refractivity contribution < 1.29 is 0 Å². The monoisotopic (exact) mass is 202 g/mol. The maximum atomic E-state index is 4.44. The summed E-state index contributed by atoms with van der Waals surface area (Å²) in [6.07, 6.45) is 0.813. The maximum Gasteiger partial charge on any atom is 0.152 e. The summed E-state index contributed by atoms with van der Waals surface area (Å²) in [5.74, 6) is 0.792. The first-order valence-corrected chi connectivity index (χ1v) is 5.04. The number of aryl methyl sites for hydroxylation is 1. The van der Waals surface area contributed by atoms with Crippen molar-refractivity contribution in [1.29, 1.82) is 0 Å². The second kappa shape index (κ2) is 4.31. The van der Waals surface area contributed by atoms with Gasteiger partial charge in [-0.2, -0.15) is 0 Å². The van der Waals surface area contributed by atoms with Crippen molar-refractivity contribution in [3.63, 3.8) is 0 Å². The van der Waals surface area contributed by atoms with E-state index in [1.807, 2.05) is 32.2 Å². The summed E-state index contributed by atoms with van der Waals surface area (Å²) in [5, 5.41) is 11.3. The van der Waals surface area contributed by atoms with Gasteiger partial charge >= 0.3 is 0 Å². The van der Waals surface area contributed by atoms with Gasteiger partial charge in [0.1, 0.15) is 5.52 Å². The Morgan fingerprint density at radius 2 is 2.07 bits per heavy atom. The van der Waals surface area contributed by atoms with Crippen molar-refractivity contribution in [1.82, 2.24) is 20.5 Å². The summed E-state index contributed by atoms with van der Waals surface area (Å²) in [6.45, 7) is 2.91. The molecule has 1 heterocycles. The van der Waals surface area contributed by atoms with Crippen LogP contribution in [0.4, 0.5) is 0 Å². The van der Waals surface area contributed by atoms with Crippen molar-refractivity contribution >= 4 is 11.0 Å². The van der Waals surface area contributed by atoms with E-state index >= 15 is 0 Å². The molecular weight excluding hydrogens is 188 g/mol. The van der Waals surface area contributed by atoms with Gasteiger partial charge in [-0.05, 0) is 31.7 Å². The van der Waals surface area contributed by atoms with Gasteiger partial charge in [0.25, 0.3) is 0 Å². The molecule has 4 nitrogen and oxygen atoms in total. The predicted molar refractivity (Wildman–Crippen MR) is 59.7 cm³/mol. The van der Waals surface area contributed by atoms with Crippen LogP contribution in [0.15, 0.2) is 18.2 Å². The molecule has 1 aromatic heterocycles. The van der Waals surface area contributed by atoms with Crippen LogP contribution in [0.25, 0.3) is 11.0 Å². The van der Waals surface area contributed by atoms with E-state index in [4.69, 9.17) is 0 Å². The van der Waals surface area contributed by atoms with Crippen molar-refractivity contribution in [2.24, 2.45) is 0 Å². The third-order valence-corrected chi connectivity index (χ3v) is 2.25. The van der Waals surface area contributed by atoms with E-state index in [0.29, 0.717) is 0 Å².